The van der Waals surface area contributed by atoms with Crippen LogP contribution >= 0.6 is 0 Å². The first-order valence-corrected chi connectivity index (χ1v) is 10.3. The highest BCUT2D eigenvalue weighted by Crippen LogP contribution is 2.37. The summed E-state index contributed by atoms with van der Waals surface area (Å²) in [6, 6.07) is 18.4. The summed E-state index contributed by atoms with van der Waals surface area (Å²) in [5.74, 6) is 0.306. The maximum absolute atomic E-state index is 11.2. The molecule has 1 heterocycles. The smallest absolute Gasteiger partial charge is 0.129 e. The first kappa shape index (κ1) is 18.4. The molecule has 0 amide bonds. The van der Waals surface area contributed by atoms with E-state index in [1.165, 1.54) is 22.3 Å². The third-order valence-corrected chi connectivity index (χ3v) is 6.14. The van der Waals surface area contributed by atoms with Crippen molar-refractivity contribution in [3.05, 3.63) is 70.8 Å². The van der Waals surface area contributed by atoms with Gasteiger partial charge >= 0.3 is 0 Å². The number of fused-ring (bicyclic) bond motifs is 2. The van der Waals surface area contributed by atoms with Gasteiger partial charge in [-0.2, -0.15) is 0 Å². The van der Waals surface area contributed by atoms with E-state index in [2.05, 4.69) is 58.3 Å². The van der Waals surface area contributed by atoms with E-state index >= 15 is 0 Å². The molecule has 1 saturated heterocycles. The van der Waals surface area contributed by atoms with E-state index in [4.69, 9.17) is 0 Å². The normalized spacial score (nSPS) is 18.6. The number of rotatable bonds is 5. The minimum atomic E-state index is 0.306. The van der Waals surface area contributed by atoms with Gasteiger partial charge in [-0.3, -0.25) is 4.90 Å². The van der Waals surface area contributed by atoms with Gasteiger partial charge in [0.15, 0.2) is 0 Å². The zero-order chi connectivity index (χ0) is 18.6. The zero-order valence-electron chi connectivity index (χ0n) is 16.4. The van der Waals surface area contributed by atoms with Gasteiger partial charge in [-0.1, -0.05) is 48.5 Å². The molecule has 27 heavy (non-hydrogen) atoms. The quantitative estimate of drug-likeness (QED) is 0.807. The molecule has 142 valence electrons. The van der Waals surface area contributed by atoms with Crippen LogP contribution in [0.4, 0.5) is 0 Å². The lowest BCUT2D eigenvalue weighted by Gasteiger charge is -2.40. The van der Waals surface area contributed by atoms with Gasteiger partial charge in [0.2, 0.25) is 0 Å². The van der Waals surface area contributed by atoms with Crippen LogP contribution in [0.5, 0.6) is 0 Å². The van der Waals surface area contributed by atoms with Gasteiger partial charge in [-0.25, -0.2) is 0 Å². The summed E-state index contributed by atoms with van der Waals surface area (Å²) >= 11 is 0. The Bertz CT molecular complexity index is 745. The molecule has 0 saturated carbocycles. The molecule has 1 aliphatic carbocycles. The predicted molar refractivity (Wildman–Crippen MR) is 110 cm³/mol. The van der Waals surface area contributed by atoms with Crippen molar-refractivity contribution >= 4 is 5.78 Å². The Balaban J connectivity index is 1.53. The van der Waals surface area contributed by atoms with Crippen molar-refractivity contribution in [2.75, 3.05) is 32.7 Å². The molecule has 0 aromatic heterocycles. The summed E-state index contributed by atoms with van der Waals surface area (Å²) in [7, 11) is 0. The highest BCUT2D eigenvalue weighted by molar-refractivity contribution is 5.75. The van der Waals surface area contributed by atoms with E-state index in [1.807, 2.05) is 0 Å². The second kappa shape index (κ2) is 8.37. The number of ketones is 1. The number of hydrogen-bond donors (Lipinski definition) is 0. The Morgan fingerprint density at radius 2 is 1.44 bits per heavy atom. The van der Waals surface area contributed by atoms with Crippen LogP contribution in [0, 0.1) is 0 Å². The van der Waals surface area contributed by atoms with E-state index < -0.39 is 0 Å². The van der Waals surface area contributed by atoms with E-state index in [-0.39, 0.29) is 0 Å². The molecule has 2 aromatic rings. The third-order valence-electron chi connectivity index (χ3n) is 6.14. The lowest BCUT2D eigenvalue weighted by molar-refractivity contribution is -0.117. The summed E-state index contributed by atoms with van der Waals surface area (Å²) in [5.41, 5.74) is 5.99. The Morgan fingerprint density at radius 1 is 0.889 bits per heavy atom. The summed E-state index contributed by atoms with van der Waals surface area (Å²) in [5, 5.41) is 0. The molecule has 0 atom stereocenters. The van der Waals surface area contributed by atoms with Crippen LogP contribution in [0.25, 0.3) is 0 Å². The first-order chi connectivity index (χ1) is 13.2. The van der Waals surface area contributed by atoms with Crippen molar-refractivity contribution in [1.29, 1.82) is 0 Å². The number of hydrogen-bond acceptors (Lipinski definition) is 3. The van der Waals surface area contributed by atoms with Crippen molar-refractivity contribution in [3.8, 4) is 0 Å². The van der Waals surface area contributed by atoms with Crippen molar-refractivity contribution in [2.45, 2.75) is 38.6 Å². The Morgan fingerprint density at radius 3 is 2.00 bits per heavy atom. The van der Waals surface area contributed by atoms with Crippen LogP contribution in [0.3, 0.4) is 0 Å². The SMILES string of the molecule is CC(=O)CCCN1CCN(C2c3ccccc3CCc3ccccc32)CC1. The van der Waals surface area contributed by atoms with Crippen LogP contribution in [0.1, 0.15) is 48.1 Å². The van der Waals surface area contributed by atoms with Gasteiger partial charge in [0.1, 0.15) is 5.78 Å². The molecule has 0 spiro atoms. The van der Waals surface area contributed by atoms with Crippen molar-refractivity contribution in [1.82, 2.24) is 9.80 Å². The third kappa shape index (κ3) is 4.15. The molecule has 2 aromatic carbocycles. The van der Waals surface area contributed by atoms with Gasteiger partial charge < -0.3 is 9.69 Å². The molecule has 3 heteroatoms. The molecule has 4 rings (SSSR count). The standard InChI is InChI=1S/C24H30N2O/c1-19(27)7-6-14-25-15-17-26(18-16-25)24-22-10-4-2-8-20(22)12-13-21-9-3-5-11-23(21)24/h2-5,8-11,24H,6-7,12-18H2,1H3. The summed E-state index contributed by atoms with van der Waals surface area (Å²) in [4.78, 5) is 16.4. The van der Waals surface area contributed by atoms with Crippen LogP contribution in [0.2, 0.25) is 0 Å². The van der Waals surface area contributed by atoms with Crippen LogP contribution < -0.4 is 0 Å². The predicted octanol–water partition coefficient (Wildman–Crippen LogP) is 3.86. The van der Waals surface area contributed by atoms with Crippen molar-refractivity contribution in [2.24, 2.45) is 0 Å². The maximum Gasteiger partial charge on any atom is 0.129 e. The molecule has 1 aliphatic heterocycles. The van der Waals surface area contributed by atoms with E-state index in [0.29, 0.717) is 18.2 Å². The van der Waals surface area contributed by atoms with Gasteiger partial charge in [0, 0.05) is 32.6 Å². The van der Waals surface area contributed by atoms with E-state index in [0.717, 1.165) is 52.0 Å². The molecular weight excluding hydrogens is 332 g/mol. The lowest BCUT2D eigenvalue weighted by Crippen LogP contribution is -2.48. The number of aryl methyl sites for hydroxylation is 2. The average Bonchev–Trinajstić information content (AvgIpc) is 2.85. The molecule has 0 N–H and O–H groups in total. The zero-order valence-corrected chi connectivity index (χ0v) is 16.4. The first-order valence-electron chi connectivity index (χ1n) is 10.3. The molecule has 1 fully saturated rings. The fourth-order valence-electron chi connectivity index (χ4n) is 4.68. The Kier molecular flexibility index (Phi) is 5.70. The largest absolute Gasteiger partial charge is 0.301 e. The van der Waals surface area contributed by atoms with E-state index in [1.54, 1.807) is 6.92 Å². The van der Waals surface area contributed by atoms with Gasteiger partial charge in [0.05, 0.1) is 6.04 Å². The monoisotopic (exact) mass is 362 g/mol. The van der Waals surface area contributed by atoms with Crippen molar-refractivity contribution in [3.63, 3.8) is 0 Å². The second-order valence-corrected chi connectivity index (χ2v) is 7.98. The highest BCUT2D eigenvalue weighted by Gasteiger charge is 2.30. The van der Waals surface area contributed by atoms with Crippen LogP contribution in [-0.2, 0) is 17.6 Å². The number of carbonyl (C=O) groups excluding carboxylic acids is 1. The van der Waals surface area contributed by atoms with Gasteiger partial charge in [-0.15, -0.1) is 0 Å². The molecule has 0 radical (unpaired) electrons. The fourth-order valence-corrected chi connectivity index (χ4v) is 4.68. The Labute approximate surface area is 163 Å². The number of carbonyl (C=O) groups is 1. The highest BCUT2D eigenvalue weighted by atomic mass is 16.1. The number of benzene rings is 2. The maximum atomic E-state index is 11.2. The number of piperazine rings is 1. The Hall–Kier alpha value is -1.97. The summed E-state index contributed by atoms with van der Waals surface area (Å²) in [6.07, 6.45) is 3.97. The second-order valence-electron chi connectivity index (χ2n) is 7.98. The summed E-state index contributed by atoms with van der Waals surface area (Å²) < 4.78 is 0. The summed E-state index contributed by atoms with van der Waals surface area (Å²) in [6.45, 7) is 7.11. The average molecular weight is 363 g/mol. The lowest BCUT2D eigenvalue weighted by atomic mass is 9.92. The molecule has 3 nitrogen and oxygen atoms in total. The topological polar surface area (TPSA) is 23.6 Å². The number of Topliss-reactive ketones (excluding diaryl/α,β-unsaturated/α-hetero) is 1. The van der Waals surface area contributed by atoms with Crippen molar-refractivity contribution < 1.29 is 4.79 Å². The van der Waals surface area contributed by atoms with Gasteiger partial charge in [0.25, 0.3) is 0 Å². The van der Waals surface area contributed by atoms with Crippen LogP contribution in [0.15, 0.2) is 48.5 Å². The minimum Gasteiger partial charge on any atom is -0.301 e. The molecular formula is C24H30N2O. The van der Waals surface area contributed by atoms with E-state index in [9.17, 15) is 4.79 Å². The molecule has 0 bridgehead atoms. The molecule has 0 unspecified atom stereocenters. The fraction of sp³-hybridized carbons (Fsp3) is 0.458. The molecule has 2 aliphatic rings. The van der Waals surface area contributed by atoms with Gasteiger partial charge in [-0.05, 0) is 55.0 Å². The van der Waals surface area contributed by atoms with Crippen LogP contribution in [-0.4, -0.2) is 48.3 Å². The minimum absolute atomic E-state index is 0.306. The number of nitrogens with zero attached hydrogens (tertiary/aromatic N) is 2.